The van der Waals surface area contributed by atoms with Crippen molar-refractivity contribution < 1.29 is 19.4 Å². The fourth-order valence-corrected chi connectivity index (χ4v) is 4.10. The average Bonchev–Trinajstić information content (AvgIpc) is 2.91. The Bertz CT molecular complexity index is 1550. The van der Waals surface area contributed by atoms with Crippen LogP contribution in [0.5, 0.6) is 11.5 Å². The molecule has 1 heterocycles. The smallest absolute Gasteiger partial charge is 0.335 e. The van der Waals surface area contributed by atoms with E-state index in [4.69, 9.17) is 14.5 Å². The van der Waals surface area contributed by atoms with Crippen LogP contribution in [0.4, 0.5) is 0 Å². The minimum atomic E-state index is -0.993. The van der Waals surface area contributed by atoms with Gasteiger partial charge in [0.25, 0.3) is 5.56 Å². The van der Waals surface area contributed by atoms with E-state index in [0.717, 1.165) is 16.5 Å². The van der Waals surface area contributed by atoms with Gasteiger partial charge in [0, 0.05) is 10.4 Å². The lowest BCUT2D eigenvalue weighted by atomic mass is 10.1. The second kappa shape index (κ2) is 11.4. The Morgan fingerprint density at radius 1 is 1.16 bits per heavy atom. The van der Waals surface area contributed by atoms with E-state index in [1.54, 1.807) is 48.7 Å². The Morgan fingerprint density at radius 2 is 1.97 bits per heavy atom. The highest BCUT2D eigenvalue weighted by Crippen LogP contribution is 2.29. The summed E-state index contributed by atoms with van der Waals surface area (Å²) in [5.41, 5.74) is 2.01. The quantitative estimate of drug-likeness (QED) is 0.256. The fourth-order valence-electron chi connectivity index (χ4n) is 3.74. The van der Waals surface area contributed by atoms with Gasteiger partial charge in [0.2, 0.25) is 0 Å². The molecule has 0 aliphatic heterocycles. The van der Waals surface area contributed by atoms with Crippen molar-refractivity contribution in [1.29, 1.82) is 0 Å². The molecule has 1 aromatic heterocycles. The van der Waals surface area contributed by atoms with E-state index in [0.29, 0.717) is 33.8 Å². The van der Waals surface area contributed by atoms with Crippen LogP contribution in [0.15, 0.2) is 75.0 Å². The van der Waals surface area contributed by atoms with Gasteiger partial charge in [-0.1, -0.05) is 41.9 Å². The predicted octanol–water partition coefficient (Wildman–Crippen LogP) is 5.84. The number of hydrogen-bond donors (Lipinski definition) is 1. The lowest BCUT2D eigenvalue weighted by Crippen LogP contribution is -2.23. The molecular formula is C28H26BrN3O5. The summed E-state index contributed by atoms with van der Waals surface area (Å²) < 4.78 is 13.5. The van der Waals surface area contributed by atoms with Gasteiger partial charge in [-0.3, -0.25) is 4.79 Å². The molecule has 0 spiro atoms. The summed E-state index contributed by atoms with van der Waals surface area (Å²) in [6.45, 7) is 4.23. The van der Waals surface area contributed by atoms with E-state index < -0.39 is 5.97 Å². The van der Waals surface area contributed by atoms with Crippen molar-refractivity contribution in [3.8, 4) is 11.5 Å². The topological polar surface area (TPSA) is 103 Å². The minimum Gasteiger partial charge on any atom is -0.493 e. The highest BCUT2D eigenvalue weighted by molar-refractivity contribution is 9.10. The third kappa shape index (κ3) is 5.89. The number of carbonyl (C=O) groups is 1. The van der Waals surface area contributed by atoms with E-state index in [2.05, 4.69) is 21.0 Å². The first-order valence-corrected chi connectivity index (χ1v) is 12.5. The van der Waals surface area contributed by atoms with Gasteiger partial charge in [0.15, 0.2) is 11.5 Å². The Labute approximate surface area is 222 Å². The maximum atomic E-state index is 13.3. The zero-order valence-electron chi connectivity index (χ0n) is 20.6. The van der Waals surface area contributed by atoms with E-state index >= 15 is 0 Å². The first-order chi connectivity index (χ1) is 17.8. The molecule has 0 saturated carbocycles. The number of ether oxygens (including phenoxy) is 2. The molecule has 37 heavy (non-hydrogen) atoms. The van der Waals surface area contributed by atoms with Crippen molar-refractivity contribution in [2.45, 2.75) is 32.8 Å². The molecule has 0 saturated heterocycles. The van der Waals surface area contributed by atoms with Crippen LogP contribution < -0.4 is 15.0 Å². The SMILES string of the molecule is CC[C@H](C)c1nc2ccc(Br)cc2c(=O)n1N=Cc1ccc(OCc2cccc(C(=O)O)c2)c(OC)c1. The molecule has 1 N–H and O–H groups in total. The van der Waals surface area contributed by atoms with Crippen molar-refractivity contribution in [3.05, 3.63) is 98.0 Å². The van der Waals surface area contributed by atoms with Crippen molar-refractivity contribution in [3.63, 3.8) is 0 Å². The van der Waals surface area contributed by atoms with Gasteiger partial charge >= 0.3 is 5.97 Å². The van der Waals surface area contributed by atoms with Crippen molar-refractivity contribution in [1.82, 2.24) is 9.66 Å². The van der Waals surface area contributed by atoms with Crippen LogP contribution in [0.3, 0.4) is 0 Å². The first kappa shape index (κ1) is 26.1. The van der Waals surface area contributed by atoms with Crippen LogP contribution in [0, 0.1) is 0 Å². The Hall–Kier alpha value is -3.98. The van der Waals surface area contributed by atoms with Crippen LogP contribution in [-0.2, 0) is 6.61 Å². The molecular weight excluding hydrogens is 538 g/mol. The highest BCUT2D eigenvalue weighted by atomic mass is 79.9. The van der Waals surface area contributed by atoms with Crippen molar-refractivity contribution in [2.75, 3.05) is 7.11 Å². The molecule has 4 rings (SSSR count). The fraction of sp³-hybridized carbons (Fsp3) is 0.214. The maximum Gasteiger partial charge on any atom is 0.335 e. The van der Waals surface area contributed by atoms with Crippen LogP contribution in [0.1, 0.15) is 53.5 Å². The number of carboxylic acid groups (broad SMARTS) is 1. The summed E-state index contributed by atoms with van der Waals surface area (Å²) in [7, 11) is 1.53. The number of hydrogen-bond acceptors (Lipinski definition) is 6. The van der Waals surface area contributed by atoms with E-state index in [1.807, 2.05) is 26.0 Å². The Balaban J connectivity index is 1.63. The highest BCUT2D eigenvalue weighted by Gasteiger charge is 2.16. The van der Waals surface area contributed by atoms with E-state index in [1.165, 1.54) is 17.9 Å². The van der Waals surface area contributed by atoms with Crippen LogP contribution in [0.25, 0.3) is 10.9 Å². The first-order valence-electron chi connectivity index (χ1n) is 11.7. The van der Waals surface area contributed by atoms with Gasteiger partial charge in [-0.15, -0.1) is 0 Å². The van der Waals surface area contributed by atoms with Gasteiger partial charge in [-0.2, -0.15) is 9.78 Å². The van der Waals surface area contributed by atoms with E-state index in [-0.39, 0.29) is 23.6 Å². The zero-order valence-corrected chi connectivity index (χ0v) is 22.2. The van der Waals surface area contributed by atoms with E-state index in [9.17, 15) is 14.7 Å². The van der Waals surface area contributed by atoms with Crippen LogP contribution >= 0.6 is 15.9 Å². The number of benzene rings is 3. The molecule has 4 aromatic rings. The lowest BCUT2D eigenvalue weighted by molar-refractivity contribution is 0.0696. The summed E-state index contributed by atoms with van der Waals surface area (Å²) in [6.07, 6.45) is 2.39. The van der Waals surface area contributed by atoms with Gasteiger partial charge in [-0.25, -0.2) is 9.78 Å². The molecule has 8 nitrogen and oxygen atoms in total. The largest absolute Gasteiger partial charge is 0.493 e. The van der Waals surface area contributed by atoms with Crippen molar-refractivity contribution in [2.24, 2.45) is 5.10 Å². The monoisotopic (exact) mass is 563 g/mol. The number of methoxy groups -OCH3 is 1. The number of rotatable bonds is 9. The number of carboxylic acids is 1. The third-order valence-electron chi connectivity index (χ3n) is 5.96. The third-order valence-corrected chi connectivity index (χ3v) is 6.46. The second-order valence-electron chi connectivity index (χ2n) is 8.51. The normalized spacial score (nSPS) is 12.1. The van der Waals surface area contributed by atoms with Gasteiger partial charge < -0.3 is 14.6 Å². The maximum absolute atomic E-state index is 13.3. The summed E-state index contributed by atoms with van der Waals surface area (Å²) >= 11 is 3.42. The second-order valence-corrected chi connectivity index (χ2v) is 9.42. The lowest BCUT2D eigenvalue weighted by Gasteiger charge is -2.14. The molecule has 0 aliphatic rings. The molecule has 0 aliphatic carbocycles. The summed E-state index contributed by atoms with van der Waals surface area (Å²) in [6, 6.07) is 17.3. The Kier molecular flexibility index (Phi) is 8.03. The molecule has 9 heteroatoms. The van der Waals surface area contributed by atoms with Crippen molar-refractivity contribution >= 4 is 39.0 Å². The molecule has 1 atom stereocenters. The molecule has 0 fully saturated rings. The Morgan fingerprint density at radius 3 is 2.70 bits per heavy atom. The summed E-state index contributed by atoms with van der Waals surface area (Å²) in [5, 5.41) is 14.2. The van der Waals surface area contributed by atoms with Gasteiger partial charge in [0.05, 0.1) is 29.8 Å². The van der Waals surface area contributed by atoms with Gasteiger partial charge in [0.1, 0.15) is 12.4 Å². The summed E-state index contributed by atoms with van der Waals surface area (Å²) in [5.74, 6) is 0.605. The molecule has 190 valence electrons. The standard InChI is InChI=1S/C28H26BrN3O5/c1-4-17(2)26-31-23-10-9-21(29)14-22(23)27(33)32(26)30-15-18-8-11-24(25(13-18)36-3)37-16-19-6-5-7-20(12-19)28(34)35/h5-15,17H,4,16H2,1-3H3,(H,34,35)/t17-/m0/s1. The van der Waals surface area contributed by atoms with Gasteiger partial charge in [-0.05, 0) is 66.1 Å². The predicted molar refractivity (Wildman–Crippen MR) is 146 cm³/mol. The van der Waals surface area contributed by atoms with Crippen LogP contribution in [-0.4, -0.2) is 34.1 Å². The number of aromatic carboxylic acids is 1. The number of halogens is 1. The summed E-state index contributed by atoms with van der Waals surface area (Å²) in [4.78, 5) is 29.2. The average molecular weight is 564 g/mol. The molecule has 0 radical (unpaired) electrons. The van der Waals surface area contributed by atoms with Crippen LogP contribution in [0.2, 0.25) is 0 Å². The number of fused-ring (bicyclic) bond motifs is 1. The molecule has 0 bridgehead atoms. The zero-order chi connectivity index (χ0) is 26.5. The molecule has 0 amide bonds. The molecule has 3 aromatic carbocycles. The minimum absolute atomic E-state index is 0.0304. The number of nitrogens with zero attached hydrogens (tertiary/aromatic N) is 3. The molecule has 0 unspecified atom stereocenters. The number of aromatic nitrogens is 2.